The normalized spacial score (nSPS) is 17.9. The fourth-order valence-corrected chi connectivity index (χ4v) is 3.50. The second-order valence-electron chi connectivity index (χ2n) is 8.15. The topological polar surface area (TPSA) is 91.2 Å². The van der Waals surface area contributed by atoms with Gasteiger partial charge in [-0.05, 0) is 39.7 Å². The first-order valence-electron chi connectivity index (χ1n) is 7.59. The number of nitrogens with one attached hydrogen (secondary N) is 2. The van der Waals surface area contributed by atoms with E-state index in [-0.39, 0.29) is 5.91 Å². The molecule has 1 fully saturated rings. The van der Waals surface area contributed by atoms with Gasteiger partial charge in [-0.3, -0.25) is 4.79 Å². The Balaban J connectivity index is 2.73. The van der Waals surface area contributed by atoms with Crippen LogP contribution >= 0.6 is 0 Å². The summed E-state index contributed by atoms with van der Waals surface area (Å²) in [6.45, 7) is 11.7. The van der Waals surface area contributed by atoms with Crippen molar-refractivity contribution in [1.29, 1.82) is 5.26 Å². The van der Waals surface area contributed by atoms with Gasteiger partial charge >= 0.3 is 6.09 Å². The van der Waals surface area contributed by atoms with Crippen LogP contribution in [0, 0.1) is 11.3 Å². The number of ether oxygens (including phenoxy) is 1. The lowest BCUT2D eigenvalue weighted by atomic mass is 10.2. The molecular formula is C15H27N3O3Si. The third-order valence-electron chi connectivity index (χ3n) is 3.15. The lowest BCUT2D eigenvalue weighted by Crippen LogP contribution is -2.53. The standard InChI is InChI=1S/C15H27N3O3Si/c1-14(2,3)21-13(20)17-11(9-22(4,5)6)12(19)18-15(10-16)7-8-15/h11H,7-9H2,1-6H3,(H,17,20)(H,18,19)/t11-/m0/s1. The van der Waals surface area contributed by atoms with Crippen molar-refractivity contribution in [2.75, 3.05) is 0 Å². The largest absolute Gasteiger partial charge is 0.444 e. The highest BCUT2D eigenvalue weighted by molar-refractivity contribution is 6.76. The molecule has 1 saturated carbocycles. The van der Waals surface area contributed by atoms with Crippen molar-refractivity contribution in [2.24, 2.45) is 0 Å². The van der Waals surface area contributed by atoms with Crippen LogP contribution in [-0.2, 0) is 9.53 Å². The van der Waals surface area contributed by atoms with Crippen LogP contribution in [0.2, 0.25) is 25.7 Å². The van der Waals surface area contributed by atoms with Crippen LogP contribution in [0.15, 0.2) is 0 Å². The molecule has 0 spiro atoms. The summed E-state index contributed by atoms with van der Waals surface area (Å²) < 4.78 is 5.23. The van der Waals surface area contributed by atoms with Gasteiger partial charge in [-0.2, -0.15) is 5.26 Å². The summed E-state index contributed by atoms with van der Waals surface area (Å²) in [7, 11) is -1.59. The smallest absolute Gasteiger partial charge is 0.408 e. The SMILES string of the molecule is CC(C)(C)OC(=O)N[C@@H](C[Si](C)(C)C)C(=O)NC1(C#N)CC1. The molecular weight excluding hydrogens is 298 g/mol. The molecule has 6 nitrogen and oxygen atoms in total. The molecule has 1 rings (SSSR count). The van der Waals surface area contributed by atoms with Gasteiger partial charge < -0.3 is 15.4 Å². The molecule has 22 heavy (non-hydrogen) atoms. The van der Waals surface area contributed by atoms with E-state index in [1.54, 1.807) is 20.8 Å². The van der Waals surface area contributed by atoms with E-state index in [1.807, 2.05) is 0 Å². The monoisotopic (exact) mass is 325 g/mol. The Morgan fingerprint density at radius 2 is 1.86 bits per heavy atom. The molecule has 124 valence electrons. The van der Waals surface area contributed by atoms with E-state index in [0.717, 1.165) is 0 Å². The van der Waals surface area contributed by atoms with Gasteiger partial charge in [0, 0.05) is 8.07 Å². The molecule has 0 aromatic heterocycles. The first-order chi connectivity index (χ1) is 9.86. The average Bonchev–Trinajstić information content (AvgIpc) is 3.04. The maximum Gasteiger partial charge on any atom is 0.408 e. The first kappa shape index (κ1) is 18.5. The molecule has 0 heterocycles. The van der Waals surface area contributed by atoms with E-state index in [1.165, 1.54) is 0 Å². The van der Waals surface area contributed by atoms with Gasteiger partial charge in [0.05, 0.1) is 6.07 Å². The Hall–Kier alpha value is -1.55. The summed E-state index contributed by atoms with van der Waals surface area (Å²) in [6.07, 6.45) is 0.732. The van der Waals surface area contributed by atoms with Crippen molar-refractivity contribution in [2.45, 2.75) is 76.5 Å². The van der Waals surface area contributed by atoms with Crippen molar-refractivity contribution in [1.82, 2.24) is 10.6 Å². The maximum atomic E-state index is 12.4. The summed E-state index contributed by atoms with van der Waals surface area (Å²) in [6, 6.07) is 2.06. The molecule has 0 radical (unpaired) electrons. The number of hydrogen-bond donors (Lipinski definition) is 2. The lowest BCUT2D eigenvalue weighted by molar-refractivity contribution is -0.123. The summed E-state index contributed by atoms with van der Waals surface area (Å²) in [4.78, 5) is 24.4. The summed E-state index contributed by atoms with van der Waals surface area (Å²) >= 11 is 0. The number of nitriles is 1. The van der Waals surface area contributed by atoms with E-state index in [2.05, 4.69) is 36.3 Å². The Morgan fingerprint density at radius 1 is 1.32 bits per heavy atom. The quantitative estimate of drug-likeness (QED) is 0.759. The van der Waals surface area contributed by atoms with E-state index in [4.69, 9.17) is 10.00 Å². The third kappa shape index (κ3) is 6.48. The summed E-state index contributed by atoms with van der Waals surface area (Å²) in [5.74, 6) is -0.299. The second-order valence-corrected chi connectivity index (χ2v) is 13.7. The van der Waals surface area contributed by atoms with E-state index < -0.39 is 31.3 Å². The van der Waals surface area contributed by atoms with Gasteiger partial charge in [-0.1, -0.05) is 19.6 Å². The Kier molecular flexibility index (Phi) is 5.28. The number of rotatable bonds is 5. The van der Waals surface area contributed by atoms with Crippen LogP contribution in [0.1, 0.15) is 33.6 Å². The van der Waals surface area contributed by atoms with Crippen molar-refractivity contribution >= 4 is 20.1 Å². The second kappa shape index (κ2) is 6.29. The van der Waals surface area contributed by atoms with Gasteiger partial charge in [0.15, 0.2) is 0 Å². The highest BCUT2D eigenvalue weighted by Crippen LogP contribution is 2.34. The number of alkyl carbamates (subject to hydrolysis) is 1. The molecule has 7 heteroatoms. The van der Waals surface area contributed by atoms with Crippen LogP contribution in [0.4, 0.5) is 4.79 Å². The molecule has 0 saturated heterocycles. The fourth-order valence-electron chi connectivity index (χ4n) is 1.98. The zero-order valence-corrected chi connectivity index (χ0v) is 15.4. The molecule has 2 N–H and O–H groups in total. The van der Waals surface area contributed by atoms with Crippen LogP contribution in [-0.4, -0.2) is 37.3 Å². The predicted molar refractivity (Wildman–Crippen MR) is 87.0 cm³/mol. The van der Waals surface area contributed by atoms with E-state index in [9.17, 15) is 9.59 Å². The third-order valence-corrected chi connectivity index (χ3v) is 4.78. The van der Waals surface area contributed by atoms with Crippen molar-refractivity contribution < 1.29 is 14.3 Å². The molecule has 0 bridgehead atoms. The van der Waals surface area contributed by atoms with Crippen molar-refractivity contribution in [3.63, 3.8) is 0 Å². The molecule has 1 atom stereocenters. The van der Waals surface area contributed by atoms with Crippen LogP contribution < -0.4 is 10.6 Å². The van der Waals surface area contributed by atoms with E-state index >= 15 is 0 Å². The molecule has 0 aliphatic heterocycles. The fraction of sp³-hybridized carbons (Fsp3) is 0.800. The predicted octanol–water partition coefficient (Wildman–Crippen LogP) is 2.39. The number of nitrogens with zero attached hydrogens (tertiary/aromatic N) is 1. The molecule has 0 unspecified atom stereocenters. The lowest BCUT2D eigenvalue weighted by Gasteiger charge is -2.27. The summed E-state index contributed by atoms with van der Waals surface area (Å²) in [5, 5.41) is 14.5. The molecule has 0 aromatic carbocycles. The Labute approximate surface area is 133 Å². The number of hydrogen-bond acceptors (Lipinski definition) is 4. The maximum absolute atomic E-state index is 12.4. The molecule has 1 aliphatic carbocycles. The molecule has 2 amide bonds. The van der Waals surface area contributed by atoms with Crippen molar-refractivity contribution in [3.8, 4) is 6.07 Å². The first-order valence-corrected chi connectivity index (χ1v) is 11.3. The van der Waals surface area contributed by atoms with Crippen LogP contribution in [0.25, 0.3) is 0 Å². The van der Waals surface area contributed by atoms with Gasteiger partial charge in [0.25, 0.3) is 0 Å². The van der Waals surface area contributed by atoms with Gasteiger partial charge in [0.2, 0.25) is 5.91 Å². The average molecular weight is 325 g/mol. The summed E-state index contributed by atoms with van der Waals surface area (Å²) in [5.41, 5.74) is -1.35. The zero-order valence-electron chi connectivity index (χ0n) is 14.4. The number of carbonyl (C=O) groups excluding carboxylic acids is 2. The van der Waals surface area contributed by atoms with Crippen LogP contribution in [0.5, 0.6) is 0 Å². The van der Waals surface area contributed by atoms with Gasteiger partial charge in [-0.15, -0.1) is 0 Å². The number of amides is 2. The minimum atomic E-state index is -1.59. The Morgan fingerprint density at radius 3 is 2.23 bits per heavy atom. The van der Waals surface area contributed by atoms with E-state index in [0.29, 0.717) is 18.9 Å². The highest BCUT2D eigenvalue weighted by Gasteiger charge is 2.46. The minimum Gasteiger partial charge on any atom is -0.444 e. The van der Waals surface area contributed by atoms with Crippen LogP contribution in [0.3, 0.4) is 0 Å². The minimum absolute atomic E-state index is 0.299. The molecule has 1 aliphatic rings. The highest BCUT2D eigenvalue weighted by atomic mass is 28.3. The molecule has 0 aromatic rings. The Bertz CT molecular complexity index is 482. The van der Waals surface area contributed by atoms with Gasteiger partial charge in [-0.25, -0.2) is 4.79 Å². The zero-order chi connectivity index (χ0) is 17.2. The van der Waals surface area contributed by atoms with Gasteiger partial charge in [0.1, 0.15) is 17.2 Å². The number of carbonyl (C=O) groups is 2. The van der Waals surface area contributed by atoms with Crippen molar-refractivity contribution in [3.05, 3.63) is 0 Å².